The van der Waals surface area contributed by atoms with E-state index in [9.17, 15) is 27.5 Å². The molecule has 2 heterocycles. The first-order chi connectivity index (χ1) is 13.3. The lowest BCUT2D eigenvalue weighted by Crippen LogP contribution is -2.61. The molecule has 2 atom stereocenters. The molecule has 3 rings (SSSR count). The number of halogens is 4. The van der Waals surface area contributed by atoms with Crippen molar-refractivity contribution < 1.29 is 32.2 Å². The average Bonchev–Trinajstić information content (AvgIpc) is 2.50. The first-order valence-corrected chi connectivity index (χ1v) is 9.87. The lowest BCUT2D eigenvalue weighted by Gasteiger charge is -2.52. The molecule has 8 heteroatoms. The monoisotopic (exact) mass is 417 g/mol. The second kappa shape index (κ2) is 7.45. The number of amides is 1. The molecule has 1 amide bonds. The molecule has 0 radical (unpaired) electrons. The highest BCUT2D eigenvalue weighted by molar-refractivity contribution is 5.69. The molecule has 1 aromatic rings. The van der Waals surface area contributed by atoms with Crippen LogP contribution < -0.4 is 0 Å². The van der Waals surface area contributed by atoms with E-state index >= 15 is 0 Å². The van der Waals surface area contributed by atoms with Crippen LogP contribution in [-0.4, -0.2) is 39.4 Å². The Bertz CT molecular complexity index is 758. The van der Waals surface area contributed by atoms with Gasteiger partial charge in [-0.2, -0.15) is 13.2 Å². The predicted octanol–water partition coefficient (Wildman–Crippen LogP) is 5.07. The molecule has 0 aliphatic carbocycles. The molecule has 0 aromatic heterocycles. The average molecular weight is 417 g/mol. The zero-order valence-electron chi connectivity index (χ0n) is 16.9. The molecule has 1 aromatic carbocycles. The maximum atomic E-state index is 13.7. The van der Waals surface area contributed by atoms with Crippen molar-refractivity contribution in [3.63, 3.8) is 0 Å². The van der Waals surface area contributed by atoms with Gasteiger partial charge in [0.15, 0.2) is 0 Å². The van der Waals surface area contributed by atoms with Crippen molar-refractivity contribution in [2.45, 2.75) is 88.8 Å². The van der Waals surface area contributed by atoms with Crippen molar-refractivity contribution in [3.8, 4) is 0 Å². The third-order valence-electron chi connectivity index (χ3n) is 5.59. The second-order valence-electron chi connectivity index (χ2n) is 9.23. The van der Waals surface area contributed by atoms with E-state index in [0.717, 1.165) is 18.6 Å². The molecule has 0 saturated carbocycles. The molecule has 2 aliphatic rings. The zero-order chi connectivity index (χ0) is 21.6. The van der Waals surface area contributed by atoms with Crippen LogP contribution in [0.2, 0.25) is 0 Å². The van der Waals surface area contributed by atoms with E-state index in [-0.39, 0.29) is 36.9 Å². The Morgan fingerprint density at radius 3 is 2.31 bits per heavy atom. The fourth-order valence-electron chi connectivity index (χ4n) is 4.62. The Balaban J connectivity index is 1.84. The Kier molecular flexibility index (Phi) is 5.62. The standard InChI is InChI=1S/C21H27F4NO3/c1-19(2,3)29-18(27)26-15-5-4-6-16(26)12-20(28,11-15)10-13-9-14(22)7-8-17(13)21(23,24)25/h7-9,15-16,28H,4-6,10-12H2,1-3H3. The first-order valence-electron chi connectivity index (χ1n) is 9.87. The Labute approximate surface area is 167 Å². The SMILES string of the molecule is CC(C)(C)OC(=O)N1C2CCCC1CC(O)(Cc1cc(F)ccc1C(F)(F)F)C2. The van der Waals surface area contributed by atoms with E-state index in [2.05, 4.69) is 0 Å². The maximum Gasteiger partial charge on any atom is 0.416 e. The van der Waals surface area contributed by atoms with Gasteiger partial charge < -0.3 is 14.7 Å². The van der Waals surface area contributed by atoms with Crippen molar-refractivity contribution >= 4 is 6.09 Å². The Morgan fingerprint density at radius 2 is 1.79 bits per heavy atom. The molecule has 2 unspecified atom stereocenters. The van der Waals surface area contributed by atoms with Crippen molar-refractivity contribution in [2.24, 2.45) is 0 Å². The molecule has 4 nitrogen and oxygen atoms in total. The van der Waals surface area contributed by atoms with E-state index in [4.69, 9.17) is 4.74 Å². The molecule has 2 bridgehead atoms. The van der Waals surface area contributed by atoms with Crippen molar-refractivity contribution in [1.29, 1.82) is 0 Å². The number of alkyl halides is 3. The van der Waals surface area contributed by atoms with E-state index in [1.807, 2.05) is 0 Å². The predicted molar refractivity (Wildman–Crippen MR) is 98.8 cm³/mol. The number of fused-ring (bicyclic) bond motifs is 2. The lowest BCUT2D eigenvalue weighted by atomic mass is 9.73. The van der Waals surface area contributed by atoms with E-state index in [1.54, 1.807) is 25.7 Å². The number of carbonyl (C=O) groups excluding carboxylic acids is 1. The zero-order valence-corrected chi connectivity index (χ0v) is 16.9. The summed E-state index contributed by atoms with van der Waals surface area (Å²) in [5, 5.41) is 11.2. The number of nitrogens with zero attached hydrogens (tertiary/aromatic N) is 1. The second-order valence-corrected chi connectivity index (χ2v) is 9.23. The summed E-state index contributed by atoms with van der Waals surface area (Å²) < 4.78 is 59.2. The summed E-state index contributed by atoms with van der Waals surface area (Å²) in [6.07, 6.45) is -2.97. The topological polar surface area (TPSA) is 49.8 Å². The normalized spacial score (nSPS) is 27.7. The van der Waals surface area contributed by atoms with Crippen LogP contribution in [-0.2, 0) is 17.3 Å². The van der Waals surface area contributed by atoms with E-state index in [0.29, 0.717) is 18.9 Å². The van der Waals surface area contributed by atoms with Crippen LogP contribution in [0.25, 0.3) is 0 Å². The number of piperidine rings is 2. The highest BCUT2D eigenvalue weighted by atomic mass is 19.4. The largest absolute Gasteiger partial charge is 0.444 e. The number of hydrogen-bond acceptors (Lipinski definition) is 3. The number of carbonyl (C=O) groups is 1. The van der Waals surface area contributed by atoms with Gasteiger partial charge in [-0.25, -0.2) is 9.18 Å². The van der Waals surface area contributed by atoms with Gasteiger partial charge >= 0.3 is 12.3 Å². The molecular weight excluding hydrogens is 390 g/mol. The van der Waals surface area contributed by atoms with E-state index in [1.165, 1.54) is 0 Å². The molecule has 2 fully saturated rings. The van der Waals surface area contributed by atoms with Crippen LogP contribution in [0.15, 0.2) is 18.2 Å². The van der Waals surface area contributed by atoms with Gasteiger partial charge in [-0.1, -0.05) is 0 Å². The van der Waals surface area contributed by atoms with Gasteiger partial charge in [0.25, 0.3) is 0 Å². The summed E-state index contributed by atoms with van der Waals surface area (Å²) in [6, 6.07) is 1.70. The fourth-order valence-corrected chi connectivity index (χ4v) is 4.62. The lowest BCUT2D eigenvalue weighted by molar-refractivity contribution is -0.139. The van der Waals surface area contributed by atoms with Crippen molar-refractivity contribution in [1.82, 2.24) is 4.90 Å². The molecule has 162 valence electrons. The van der Waals surface area contributed by atoms with Crippen LogP contribution in [0, 0.1) is 5.82 Å². The van der Waals surface area contributed by atoms with E-state index < -0.39 is 34.9 Å². The van der Waals surface area contributed by atoms with Gasteiger partial charge in [-0.15, -0.1) is 0 Å². The minimum absolute atomic E-state index is 0.135. The third kappa shape index (κ3) is 5.02. The minimum Gasteiger partial charge on any atom is -0.444 e. The van der Waals surface area contributed by atoms with Gasteiger partial charge in [-0.3, -0.25) is 0 Å². The molecule has 2 saturated heterocycles. The minimum atomic E-state index is -4.63. The van der Waals surface area contributed by atoms with Crippen molar-refractivity contribution in [3.05, 3.63) is 35.1 Å². The Morgan fingerprint density at radius 1 is 1.21 bits per heavy atom. The number of ether oxygens (including phenoxy) is 1. The summed E-state index contributed by atoms with van der Waals surface area (Å²) >= 11 is 0. The highest BCUT2D eigenvalue weighted by Gasteiger charge is 2.49. The summed E-state index contributed by atoms with van der Waals surface area (Å²) in [4.78, 5) is 14.3. The maximum absolute atomic E-state index is 13.7. The first kappa shape index (κ1) is 21.9. The van der Waals surface area contributed by atoms with Crippen LogP contribution in [0.1, 0.15) is 64.0 Å². The van der Waals surface area contributed by atoms with Gasteiger partial charge in [0, 0.05) is 18.5 Å². The van der Waals surface area contributed by atoms with Crippen molar-refractivity contribution in [2.75, 3.05) is 0 Å². The smallest absolute Gasteiger partial charge is 0.416 e. The van der Waals surface area contributed by atoms with Gasteiger partial charge in [-0.05, 0) is 76.6 Å². The van der Waals surface area contributed by atoms with Crippen LogP contribution in [0.3, 0.4) is 0 Å². The molecule has 29 heavy (non-hydrogen) atoms. The van der Waals surface area contributed by atoms with Crippen LogP contribution in [0.5, 0.6) is 0 Å². The molecular formula is C21H27F4NO3. The third-order valence-corrected chi connectivity index (χ3v) is 5.59. The van der Waals surface area contributed by atoms with Gasteiger partial charge in [0.2, 0.25) is 0 Å². The summed E-state index contributed by atoms with van der Waals surface area (Å²) in [6.45, 7) is 5.30. The van der Waals surface area contributed by atoms with Gasteiger partial charge in [0.1, 0.15) is 11.4 Å². The summed E-state index contributed by atoms with van der Waals surface area (Å²) in [5.74, 6) is -0.775. The molecule has 2 aliphatic heterocycles. The summed E-state index contributed by atoms with van der Waals surface area (Å²) in [7, 11) is 0. The Hall–Kier alpha value is -1.83. The summed E-state index contributed by atoms with van der Waals surface area (Å²) in [5.41, 5.74) is -3.31. The molecule has 1 N–H and O–H groups in total. The quantitative estimate of drug-likeness (QED) is 0.684. The van der Waals surface area contributed by atoms with Crippen LogP contribution in [0.4, 0.5) is 22.4 Å². The number of benzene rings is 1. The highest BCUT2D eigenvalue weighted by Crippen LogP contribution is 2.43. The number of aliphatic hydroxyl groups is 1. The van der Waals surface area contributed by atoms with Gasteiger partial charge in [0.05, 0.1) is 11.2 Å². The number of rotatable bonds is 2. The van der Waals surface area contributed by atoms with Crippen LogP contribution >= 0.6 is 0 Å². The molecule has 0 spiro atoms. The fraction of sp³-hybridized carbons (Fsp3) is 0.667. The number of hydrogen-bond donors (Lipinski definition) is 1.